The normalized spacial score (nSPS) is 17.7. The first-order valence-electron chi connectivity index (χ1n) is 6.25. The maximum atomic E-state index is 10.4. The summed E-state index contributed by atoms with van der Waals surface area (Å²) in [6, 6.07) is 7.23. The molecule has 0 radical (unpaired) electrons. The van der Waals surface area contributed by atoms with E-state index in [2.05, 4.69) is 24.4 Å². The number of benzene rings is 1. The van der Waals surface area contributed by atoms with Gasteiger partial charge in [-0.3, -0.25) is 4.79 Å². The molecule has 0 spiro atoms. The Morgan fingerprint density at radius 1 is 1.42 bits per heavy atom. The van der Waals surface area contributed by atoms with Gasteiger partial charge >= 0.3 is 5.97 Å². The fraction of sp³-hybridized carbons (Fsp3) is 0.267. The van der Waals surface area contributed by atoms with Crippen molar-refractivity contribution in [3.63, 3.8) is 0 Å². The average molecular weight is 259 g/mol. The minimum absolute atomic E-state index is 0.0913. The first-order valence-corrected chi connectivity index (χ1v) is 6.25. The van der Waals surface area contributed by atoms with Crippen molar-refractivity contribution < 1.29 is 14.6 Å². The van der Waals surface area contributed by atoms with Gasteiger partial charge in [-0.15, -0.1) is 0 Å². The zero-order valence-electron chi connectivity index (χ0n) is 10.8. The predicted molar refractivity (Wildman–Crippen MR) is 74.2 cm³/mol. The van der Waals surface area contributed by atoms with Gasteiger partial charge in [0.25, 0.3) is 0 Å². The van der Waals surface area contributed by atoms with Crippen molar-refractivity contribution in [1.29, 1.82) is 0 Å². The smallest absolute Gasteiger partial charge is 0.322 e. The van der Waals surface area contributed by atoms with Crippen LogP contribution in [0.2, 0.25) is 0 Å². The number of hydrogen-bond acceptors (Lipinski definition) is 3. The molecule has 4 heteroatoms. The molecule has 1 aliphatic rings. The molecule has 0 aliphatic heterocycles. The number of aliphatic carboxylic acids is 1. The largest absolute Gasteiger partial charge is 0.480 e. The lowest BCUT2D eigenvalue weighted by atomic mass is 10.0. The average Bonchev–Trinajstić information content (AvgIpc) is 2.40. The van der Waals surface area contributed by atoms with Crippen molar-refractivity contribution in [2.45, 2.75) is 13.3 Å². The van der Waals surface area contributed by atoms with Crippen molar-refractivity contribution in [3.05, 3.63) is 48.3 Å². The minimum Gasteiger partial charge on any atom is -0.480 e. The quantitative estimate of drug-likeness (QED) is 0.853. The van der Waals surface area contributed by atoms with Gasteiger partial charge in [-0.05, 0) is 48.8 Å². The molecule has 2 N–H and O–H groups in total. The molecule has 1 aromatic rings. The second-order valence-electron chi connectivity index (χ2n) is 4.55. The molecule has 1 aromatic carbocycles. The highest BCUT2D eigenvalue weighted by molar-refractivity contribution is 5.72. The molecular formula is C15H17NO3. The van der Waals surface area contributed by atoms with Crippen molar-refractivity contribution in [3.8, 4) is 5.75 Å². The molecule has 4 nitrogen and oxygen atoms in total. The standard InChI is InChI=1S/C15H17NO3/c1-11-2-6-13(7-3-11)19-14-8-4-12(5-9-14)16-10-15(17)18/h2,4-9,11,16H,3,10H2,1H3,(H,17,18). The lowest BCUT2D eigenvalue weighted by Crippen LogP contribution is -2.12. The summed E-state index contributed by atoms with van der Waals surface area (Å²) in [5.41, 5.74) is 0.761. The van der Waals surface area contributed by atoms with Crippen LogP contribution in [-0.2, 0) is 4.79 Å². The van der Waals surface area contributed by atoms with Crippen molar-refractivity contribution >= 4 is 11.7 Å². The van der Waals surface area contributed by atoms with E-state index in [1.54, 1.807) is 12.1 Å². The molecule has 1 unspecified atom stereocenters. The molecule has 19 heavy (non-hydrogen) atoms. The predicted octanol–water partition coefficient (Wildman–Crippen LogP) is 3.04. The molecule has 1 aliphatic carbocycles. The molecule has 0 heterocycles. The van der Waals surface area contributed by atoms with E-state index in [1.165, 1.54) is 0 Å². The Morgan fingerprint density at radius 3 is 2.74 bits per heavy atom. The Kier molecular flexibility index (Phi) is 4.23. The first kappa shape index (κ1) is 13.2. The second-order valence-corrected chi connectivity index (χ2v) is 4.55. The highest BCUT2D eigenvalue weighted by Crippen LogP contribution is 2.21. The lowest BCUT2D eigenvalue weighted by Gasteiger charge is -2.13. The fourth-order valence-electron chi connectivity index (χ4n) is 1.74. The summed E-state index contributed by atoms with van der Waals surface area (Å²) < 4.78 is 5.71. The van der Waals surface area contributed by atoms with Gasteiger partial charge in [0, 0.05) is 5.69 Å². The van der Waals surface area contributed by atoms with Gasteiger partial charge < -0.3 is 15.2 Å². The van der Waals surface area contributed by atoms with Gasteiger partial charge in [0.1, 0.15) is 18.1 Å². The fourth-order valence-corrected chi connectivity index (χ4v) is 1.74. The SMILES string of the molecule is CC1C=CC(Oc2ccc(NCC(=O)O)cc2)=CC1. The molecule has 1 atom stereocenters. The number of ether oxygens (including phenoxy) is 1. The highest BCUT2D eigenvalue weighted by atomic mass is 16.5. The monoisotopic (exact) mass is 259 g/mol. The van der Waals surface area contributed by atoms with Gasteiger partial charge in [0.15, 0.2) is 0 Å². The van der Waals surface area contributed by atoms with E-state index in [9.17, 15) is 4.79 Å². The van der Waals surface area contributed by atoms with Crippen LogP contribution in [0.15, 0.2) is 48.3 Å². The number of carbonyl (C=O) groups is 1. The van der Waals surface area contributed by atoms with Crippen LogP contribution < -0.4 is 10.1 Å². The summed E-state index contributed by atoms with van der Waals surface area (Å²) in [6.07, 6.45) is 7.16. The Morgan fingerprint density at radius 2 is 2.16 bits per heavy atom. The second kappa shape index (κ2) is 6.09. The molecule has 0 amide bonds. The zero-order chi connectivity index (χ0) is 13.7. The lowest BCUT2D eigenvalue weighted by molar-refractivity contribution is -0.134. The van der Waals surface area contributed by atoms with Gasteiger partial charge in [0.05, 0.1) is 0 Å². The van der Waals surface area contributed by atoms with E-state index in [4.69, 9.17) is 9.84 Å². The van der Waals surface area contributed by atoms with Crippen LogP contribution in [0.5, 0.6) is 5.75 Å². The molecule has 0 saturated heterocycles. The van der Waals surface area contributed by atoms with E-state index in [0.717, 1.165) is 23.6 Å². The third kappa shape index (κ3) is 4.17. The van der Waals surface area contributed by atoms with Crippen LogP contribution in [0.25, 0.3) is 0 Å². The Hall–Kier alpha value is -2.23. The molecule has 0 aromatic heterocycles. The van der Waals surface area contributed by atoms with Crippen LogP contribution in [0, 0.1) is 5.92 Å². The van der Waals surface area contributed by atoms with Gasteiger partial charge in [-0.2, -0.15) is 0 Å². The number of anilines is 1. The molecule has 0 saturated carbocycles. The van der Waals surface area contributed by atoms with E-state index >= 15 is 0 Å². The van der Waals surface area contributed by atoms with Gasteiger partial charge in [-0.1, -0.05) is 13.0 Å². The first-order chi connectivity index (χ1) is 9.13. The van der Waals surface area contributed by atoms with Crippen LogP contribution in [0.3, 0.4) is 0 Å². The molecule has 100 valence electrons. The third-order valence-corrected chi connectivity index (χ3v) is 2.81. The number of carboxylic acid groups (broad SMARTS) is 1. The third-order valence-electron chi connectivity index (χ3n) is 2.81. The van der Waals surface area contributed by atoms with Crippen LogP contribution in [-0.4, -0.2) is 17.6 Å². The number of nitrogens with one attached hydrogen (secondary N) is 1. The maximum absolute atomic E-state index is 10.4. The number of hydrogen-bond donors (Lipinski definition) is 2. The zero-order valence-corrected chi connectivity index (χ0v) is 10.8. The summed E-state index contributed by atoms with van der Waals surface area (Å²) in [4.78, 5) is 10.4. The molecule has 0 bridgehead atoms. The van der Waals surface area contributed by atoms with E-state index in [0.29, 0.717) is 5.92 Å². The molecule has 2 rings (SSSR count). The van der Waals surface area contributed by atoms with Gasteiger partial charge in [-0.25, -0.2) is 0 Å². The number of allylic oxidation sites excluding steroid dienone is 3. The maximum Gasteiger partial charge on any atom is 0.322 e. The summed E-state index contributed by atoms with van der Waals surface area (Å²) >= 11 is 0. The summed E-state index contributed by atoms with van der Waals surface area (Å²) in [6.45, 7) is 2.07. The van der Waals surface area contributed by atoms with Crippen molar-refractivity contribution in [2.75, 3.05) is 11.9 Å². The topological polar surface area (TPSA) is 58.6 Å². The Labute approximate surface area is 112 Å². The van der Waals surface area contributed by atoms with Gasteiger partial charge in [0.2, 0.25) is 0 Å². The van der Waals surface area contributed by atoms with Crippen molar-refractivity contribution in [1.82, 2.24) is 0 Å². The summed E-state index contributed by atoms with van der Waals surface area (Å²) in [5, 5.41) is 11.4. The number of carboxylic acids is 1. The van der Waals surface area contributed by atoms with Crippen LogP contribution in [0.1, 0.15) is 13.3 Å². The highest BCUT2D eigenvalue weighted by Gasteiger charge is 2.05. The van der Waals surface area contributed by atoms with E-state index < -0.39 is 5.97 Å². The van der Waals surface area contributed by atoms with Crippen LogP contribution >= 0.6 is 0 Å². The minimum atomic E-state index is -0.882. The molecule has 0 fully saturated rings. The van der Waals surface area contributed by atoms with Crippen LogP contribution in [0.4, 0.5) is 5.69 Å². The van der Waals surface area contributed by atoms with E-state index in [-0.39, 0.29) is 6.54 Å². The Bertz CT molecular complexity index is 503. The molecular weight excluding hydrogens is 242 g/mol. The summed E-state index contributed by atoms with van der Waals surface area (Å²) in [5.74, 6) is 1.28. The van der Waals surface area contributed by atoms with Crippen molar-refractivity contribution in [2.24, 2.45) is 5.92 Å². The summed E-state index contributed by atoms with van der Waals surface area (Å²) in [7, 11) is 0. The number of rotatable bonds is 5. The Balaban J connectivity index is 1.92. The van der Waals surface area contributed by atoms with E-state index in [1.807, 2.05) is 18.2 Å².